The van der Waals surface area contributed by atoms with Crippen LogP contribution in [-0.4, -0.2) is 28.6 Å². The molecule has 1 rings (SSSR count). The number of rotatable bonds is 3. The molecule has 2 amide bonds. The molecule has 1 aromatic heterocycles. The number of urea groups is 1. The van der Waals surface area contributed by atoms with E-state index in [0.29, 0.717) is 5.13 Å². The van der Waals surface area contributed by atoms with E-state index in [9.17, 15) is 4.79 Å². The molecule has 0 saturated heterocycles. The van der Waals surface area contributed by atoms with Crippen LogP contribution in [0, 0.1) is 0 Å². The van der Waals surface area contributed by atoms with Gasteiger partial charge < -0.3 is 5.32 Å². The minimum absolute atomic E-state index is 0.276. The van der Waals surface area contributed by atoms with Gasteiger partial charge in [-0.3, -0.25) is 5.32 Å². The third-order valence-electron chi connectivity index (χ3n) is 1.22. The highest BCUT2D eigenvalue weighted by Gasteiger charge is 2.05. The largest absolute Gasteiger partial charge is 0.341 e. The van der Waals surface area contributed by atoms with Crippen LogP contribution in [0.25, 0.3) is 0 Å². The Bertz CT molecular complexity index is 290. The van der Waals surface area contributed by atoms with Crippen molar-refractivity contribution in [1.29, 1.82) is 0 Å². The monoisotopic (exact) mass is 264 g/mol. The minimum Gasteiger partial charge on any atom is -0.341 e. The number of aromatic nitrogens is 2. The van der Waals surface area contributed by atoms with Crippen molar-refractivity contribution in [1.82, 2.24) is 15.5 Å². The zero-order chi connectivity index (χ0) is 9.68. The number of nitrogens with one attached hydrogen (secondary N) is 2. The Kier molecular flexibility index (Phi) is 4.10. The molecule has 0 bridgehead atoms. The number of hydrogen-bond acceptors (Lipinski definition) is 4. The van der Waals surface area contributed by atoms with E-state index in [2.05, 4.69) is 36.8 Å². The molecule has 0 saturated carbocycles. The molecule has 0 atom stereocenters. The highest BCUT2D eigenvalue weighted by molar-refractivity contribution is 9.09. The van der Waals surface area contributed by atoms with E-state index in [1.54, 1.807) is 7.05 Å². The van der Waals surface area contributed by atoms with Crippen LogP contribution < -0.4 is 10.6 Å². The number of amides is 2. The Labute approximate surface area is 88.1 Å². The lowest BCUT2D eigenvalue weighted by atomic mass is 10.5. The van der Waals surface area contributed by atoms with Crippen molar-refractivity contribution in [3.05, 3.63) is 5.01 Å². The van der Waals surface area contributed by atoms with Crippen molar-refractivity contribution >= 4 is 38.4 Å². The molecule has 0 radical (unpaired) electrons. The molecule has 0 aromatic carbocycles. The number of carbonyl (C=O) groups is 1. The maximum absolute atomic E-state index is 10.9. The van der Waals surface area contributed by atoms with Gasteiger partial charge in [0.15, 0.2) is 0 Å². The summed E-state index contributed by atoms with van der Waals surface area (Å²) in [6, 6.07) is -0.276. The number of alkyl halides is 1. The molecule has 0 aliphatic rings. The summed E-state index contributed by atoms with van der Waals surface area (Å²) >= 11 is 4.68. The van der Waals surface area contributed by atoms with Crippen LogP contribution in [0.15, 0.2) is 0 Å². The van der Waals surface area contributed by atoms with Gasteiger partial charge in [0.1, 0.15) is 5.01 Å². The second kappa shape index (κ2) is 5.13. The van der Waals surface area contributed by atoms with Gasteiger partial charge in [-0.1, -0.05) is 27.3 Å². The summed E-state index contributed by atoms with van der Waals surface area (Å²) in [5.74, 6) is 0. The fraction of sp³-hybridized carbons (Fsp3) is 0.500. The van der Waals surface area contributed by atoms with Crippen LogP contribution in [-0.2, 0) is 6.42 Å². The standard InChI is InChI=1S/C6H9BrN4OS/c1-8-5(12)9-6-11-10-4(13-6)2-3-7/h2-3H2,1H3,(H2,8,9,11,12). The number of nitrogens with zero attached hydrogens (tertiary/aromatic N) is 2. The summed E-state index contributed by atoms with van der Waals surface area (Å²) in [7, 11) is 1.55. The van der Waals surface area contributed by atoms with Crippen molar-refractivity contribution in [3.63, 3.8) is 0 Å². The number of aryl methyl sites for hydroxylation is 1. The van der Waals surface area contributed by atoms with Crippen molar-refractivity contribution in [2.24, 2.45) is 0 Å². The quantitative estimate of drug-likeness (QED) is 0.808. The SMILES string of the molecule is CNC(=O)Nc1nnc(CCBr)s1. The molecule has 1 aromatic rings. The molecule has 7 heteroatoms. The highest BCUT2D eigenvalue weighted by Crippen LogP contribution is 2.15. The third kappa shape index (κ3) is 3.27. The molecule has 0 spiro atoms. The van der Waals surface area contributed by atoms with Crippen molar-refractivity contribution in [2.45, 2.75) is 6.42 Å². The summed E-state index contributed by atoms with van der Waals surface area (Å²) < 4.78 is 0. The zero-order valence-corrected chi connectivity index (χ0v) is 9.41. The van der Waals surface area contributed by atoms with Crippen molar-refractivity contribution in [2.75, 3.05) is 17.7 Å². The van der Waals surface area contributed by atoms with Crippen molar-refractivity contribution in [3.8, 4) is 0 Å². The Morgan fingerprint density at radius 1 is 1.62 bits per heavy atom. The van der Waals surface area contributed by atoms with Gasteiger partial charge in [0.25, 0.3) is 0 Å². The smallest absolute Gasteiger partial charge is 0.320 e. The predicted molar refractivity (Wildman–Crippen MR) is 55.5 cm³/mol. The van der Waals surface area contributed by atoms with Gasteiger partial charge in [0.05, 0.1) is 0 Å². The summed E-state index contributed by atoms with van der Waals surface area (Å²) in [4.78, 5) is 10.9. The fourth-order valence-electron chi connectivity index (χ4n) is 0.646. The highest BCUT2D eigenvalue weighted by atomic mass is 79.9. The van der Waals surface area contributed by atoms with E-state index in [4.69, 9.17) is 0 Å². The molecule has 72 valence electrons. The molecule has 5 nitrogen and oxygen atoms in total. The number of hydrogen-bond donors (Lipinski definition) is 2. The molecule has 0 aliphatic heterocycles. The van der Waals surface area contributed by atoms with Crippen LogP contribution in [0.1, 0.15) is 5.01 Å². The molecule has 13 heavy (non-hydrogen) atoms. The van der Waals surface area contributed by atoms with Gasteiger partial charge in [-0.15, -0.1) is 10.2 Å². The van der Waals surface area contributed by atoms with Crippen LogP contribution in [0.3, 0.4) is 0 Å². The Morgan fingerprint density at radius 2 is 2.38 bits per heavy atom. The lowest BCUT2D eigenvalue weighted by Gasteiger charge is -1.96. The normalized spacial score (nSPS) is 9.69. The van der Waals surface area contributed by atoms with E-state index < -0.39 is 0 Å². The Hall–Kier alpha value is -0.690. The van der Waals surface area contributed by atoms with E-state index in [-0.39, 0.29) is 6.03 Å². The Balaban J connectivity index is 2.53. The lowest BCUT2D eigenvalue weighted by Crippen LogP contribution is -2.24. The molecule has 0 unspecified atom stereocenters. The molecule has 1 heterocycles. The van der Waals surface area contributed by atoms with Gasteiger partial charge in [-0.25, -0.2) is 4.79 Å². The summed E-state index contributed by atoms with van der Waals surface area (Å²) in [6.07, 6.45) is 0.826. The molecular formula is C6H9BrN4OS. The second-order valence-corrected chi connectivity index (χ2v) is 4.00. The van der Waals surface area contributed by atoms with Crippen molar-refractivity contribution < 1.29 is 4.79 Å². The van der Waals surface area contributed by atoms with Crippen LogP contribution in [0.2, 0.25) is 0 Å². The zero-order valence-electron chi connectivity index (χ0n) is 7.00. The van der Waals surface area contributed by atoms with Gasteiger partial charge in [0, 0.05) is 18.8 Å². The number of halogens is 1. The topological polar surface area (TPSA) is 66.9 Å². The summed E-state index contributed by atoms with van der Waals surface area (Å²) in [6.45, 7) is 0. The van der Waals surface area contributed by atoms with Crippen LogP contribution in [0.4, 0.5) is 9.93 Å². The van der Waals surface area contributed by atoms with Gasteiger partial charge in [0.2, 0.25) is 5.13 Å². The predicted octanol–water partition coefficient (Wildman–Crippen LogP) is 1.23. The summed E-state index contributed by atoms with van der Waals surface area (Å²) in [5.41, 5.74) is 0. The van der Waals surface area contributed by atoms with Gasteiger partial charge in [-0.2, -0.15) is 0 Å². The van der Waals surface area contributed by atoms with Crippen LogP contribution >= 0.6 is 27.3 Å². The van der Waals surface area contributed by atoms with Crippen LogP contribution in [0.5, 0.6) is 0 Å². The van der Waals surface area contributed by atoms with E-state index in [1.807, 2.05) is 0 Å². The van der Waals surface area contributed by atoms with E-state index in [0.717, 1.165) is 16.8 Å². The average Bonchev–Trinajstić information content (AvgIpc) is 2.53. The first-order valence-electron chi connectivity index (χ1n) is 3.63. The minimum atomic E-state index is -0.276. The number of anilines is 1. The summed E-state index contributed by atoms with van der Waals surface area (Å²) in [5, 5.41) is 15.0. The first kappa shape index (κ1) is 10.4. The maximum Gasteiger partial charge on any atom is 0.320 e. The molecular weight excluding hydrogens is 256 g/mol. The fourth-order valence-corrected chi connectivity index (χ4v) is 2.02. The first-order valence-corrected chi connectivity index (χ1v) is 5.57. The van der Waals surface area contributed by atoms with E-state index >= 15 is 0 Å². The first-order chi connectivity index (χ1) is 6.26. The van der Waals surface area contributed by atoms with Gasteiger partial charge in [-0.05, 0) is 0 Å². The average molecular weight is 265 g/mol. The van der Waals surface area contributed by atoms with Gasteiger partial charge >= 0.3 is 6.03 Å². The molecule has 0 fully saturated rings. The number of carbonyl (C=O) groups excluding carboxylic acids is 1. The molecule has 0 aliphatic carbocycles. The molecule has 2 N–H and O–H groups in total. The third-order valence-corrected chi connectivity index (χ3v) is 2.52. The lowest BCUT2D eigenvalue weighted by molar-refractivity contribution is 0.254. The van der Waals surface area contributed by atoms with E-state index in [1.165, 1.54) is 11.3 Å². The maximum atomic E-state index is 10.9. The Morgan fingerprint density at radius 3 is 3.00 bits per heavy atom. The second-order valence-electron chi connectivity index (χ2n) is 2.14.